The van der Waals surface area contributed by atoms with Crippen molar-refractivity contribution in [1.29, 1.82) is 0 Å². The van der Waals surface area contributed by atoms with Crippen LogP contribution in [0.1, 0.15) is 35.7 Å². The Morgan fingerprint density at radius 2 is 2.31 bits per heavy atom. The molecule has 4 heteroatoms. The van der Waals surface area contributed by atoms with Crippen LogP contribution >= 0.6 is 0 Å². The zero-order valence-electron chi connectivity index (χ0n) is 9.86. The third kappa shape index (κ3) is 3.62. The first kappa shape index (κ1) is 12.6. The van der Waals surface area contributed by atoms with E-state index in [2.05, 4.69) is 17.2 Å². The van der Waals surface area contributed by atoms with Crippen LogP contribution in [0.3, 0.4) is 0 Å². The molecule has 0 radical (unpaired) electrons. The Hall–Kier alpha value is -1.42. The maximum absolute atomic E-state index is 11.8. The van der Waals surface area contributed by atoms with Gasteiger partial charge in [0.15, 0.2) is 0 Å². The minimum absolute atomic E-state index is 0.0537. The average Bonchev–Trinajstić information content (AvgIpc) is 2.28. The highest BCUT2D eigenvalue weighted by Gasteiger charge is 2.11. The number of aromatic nitrogens is 1. The molecule has 88 valence electrons. The van der Waals surface area contributed by atoms with E-state index in [0.717, 1.165) is 18.4 Å². The van der Waals surface area contributed by atoms with Crippen LogP contribution in [-0.2, 0) is 0 Å². The number of nitrogens with zero attached hydrogens (tertiary/aromatic N) is 1. The molecule has 0 bridgehead atoms. The summed E-state index contributed by atoms with van der Waals surface area (Å²) in [5.74, 6) is -0.0971. The molecule has 1 atom stereocenters. The lowest BCUT2D eigenvalue weighted by atomic mass is 10.1. The van der Waals surface area contributed by atoms with E-state index in [-0.39, 0.29) is 11.9 Å². The number of carbonyl (C=O) groups is 1. The second-order valence-corrected chi connectivity index (χ2v) is 3.95. The van der Waals surface area contributed by atoms with Gasteiger partial charge in [0.25, 0.3) is 5.91 Å². The third-order valence-corrected chi connectivity index (χ3v) is 2.39. The molecule has 0 aromatic carbocycles. The fourth-order valence-electron chi connectivity index (χ4n) is 1.55. The molecule has 4 nitrogen and oxygen atoms in total. The van der Waals surface area contributed by atoms with Crippen LogP contribution in [0.2, 0.25) is 0 Å². The molecule has 16 heavy (non-hydrogen) atoms. The van der Waals surface area contributed by atoms with Gasteiger partial charge in [-0.05, 0) is 25.0 Å². The van der Waals surface area contributed by atoms with E-state index >= 15 is 0 Å². The summed E-state index contributed by atoms with van der Waals surface area (Å²) in [5, 5.41) is 2.91. The summed E-state index contributed by atoms with van der Waals surface area (Å²) >= 11 is 0. The van der Waals surface area contributed by atoms with E-state index in [1.165, 1.54) is 0 Å². The zero-order valence-corrected chi connectivity index (χ0v) is 9.86. The van der Waals surface area contributed by atoms with Crippen molar-refractivity contribution in [3.05, 3.63) is 29.6 Å². The first-order valence-electron chi connectivity index (χ1n) is 5.60. The van der Waals surface area contributed by atoms with Gasteiger partial charge >= 0.3 is 0 Å². The van der Waals surface area contributed by atoms with Gasteiger partial charge in [0.2, 0.25) is 0 Å². The zero-order chi connectivity index (χ0) is 12.0. The number of hydrogen-bond acceptors (Lipinski definition) is 3. The largest absolute Gasteiger partial charge is 0.348 e. The molecular weight excluding hydrogens is 202 g/mol. The summed E-state index contributed by atoms with van der Waals surface area (Å²) in [6.07, 6.45) is 5.21. The number of carbonyl (C=O) groups excluding carboxylic acids is 1. The van der Waals surface area contributed by atoms with Gasteiger partial charge in [0.1, 0.15) is 0 Å². The molecule has 3 N–H and O–H groups in total. The number of amides is 1. The molecule has 0 aliphatic heterocycles. The van der Waals surface area contributed by atoms with Gasteiger partial charge in [-0.25, -0.2) is 0 Å². The Balaban J connectivity index is 2.64. The predicted octanol–water partition coefficient (Wildman–Crippen LogP) is 1.25. The Morgan fingerprint density at radius 3 is 2.88 bits per heavy atom. The van der Waals surface area contributed by atoms with Gasteiger partial charge in [0.05, 0.1) is 5.56 Å². The Bertz CT molecular complexity index is 352. The highest BCUT2D eigenvalue weighted by molar-refractivity contribution is 5.94. The summed E-state index contributed by atoms with van der Waals surface area (Å²) in [7, 11) is 0. The number of nitrogens with two attached hydrogens (primary N) is 1. The lowest BCUT2D eigenvalue weighted by molar-refractivity contribution is 0.0935. The molecule has 1 aromatic heterocycles. The molecule has 0 spiro atoms. The molecule has 0 aliphatic rings. The van der Waals surface area contributed by atoms with E-state index < -0.39 is 0 Å². The SMILES string of the molecule is CCCC(CN)NC(=O)c1cncc(C)c1. The van der Waals surface area contributed by atoms with Gasteiger partial charge in [-0.15, -0.1) is 0 Å². The van der Waals surface area contributed by atoms with Crippen molar-refractivity contribution in [2.75, 3.05) is 6.54 Å². The van der Waals surface area contributed by atoms with Crippen molar-refractivity contribution in [3.63, 3.8) is 0 Å². The minimum Gasteiger partial charge on any atom is -0.348 e. The summed E-state index contributed by atoms with van der Waals surface area (Å²) < 4.78 is 0. The number of rotatable bonds is 5. The van der Waals surface area contributed by atoms with Crippen LogP contribution in [0, 0.1) is 6.92 Å². The van der Waals surface area contributed by atoms with E-state index in [4.69, 9.17) is 5.73 Å². The number of aryl methyl sites for hydroxylation is 1. The van der Waals surface area contributed by atoms with Crippen LogP contribution in [0.4, 0.5) is 0 Å². The Labute approximate surface area is 96.3 Å². The van der Waals surface area contributed by atoms with Crippen molar-refractivity contribution >= 4 is 5.91 Å². The van der Waals surface area contributed by atoms with Crippen LogP contribution in [0.15, 0.2) is 18.5 Å². The molecule has 0 saturated heterocycles. The van der Waals surface area contributed by atoms with Gasteiger partial charge in [0, 0.05) is 25.0 Å². The standard InChI is InChI=1S/C12H19N3O/c1-3-4-11(6-13)15-12(16)10-5-9(2)7-14-8-10/h5,7-8,11H,3-4,6,13H2,1-2H3,(H,15,16). The summed E-state index contributed by atoms with van der Waals surface area (Å²) in [5.41, 5.74) is 7.16. The molecule has 0 fully saturated rings. The Kier molecular flexibility index (Phi) is 4.92. The van der Waals surface area contributed by atoms with Crippen molar-refractivity contribution in [1.82, 2.24) is 10.3 Å². The van der Waals surface area contributed by atoms with E-state index in [1.807, 2.05) is 13.0 Å². The van der Waals surface area contributed by atoms with Crippen molar-refractivity contribution in [2.24, 2.45) is 5.73 Å². The average molecular weight is 221 g/mol. The Morgan fingerprint density at radius 1 is 1.56 bits per heavy atom. The molecule has 1 rings (SSSR count). The first-order valence-corrected chi connectivity index (χ1v) is 5.60. The second-order valence-electron chi connectivity index (χ2n) is 3.95. The first-order chi connectivity index (χ1) is 7.67. The third-order valence-electron chi connectivity index (χ3n) is 2.39. The quantitative estimate of drug-likeness (QED) is 0.786. The van der Waals surface area contributed by atoms with Crippen molar-refractivity contribution in [2.45, 2.75) is 32.7 Å². The number of nitrogens with one attached hydrogen (secondary N) is 1. The maximum atomic E-state index is 11.8. The highest BCUT2D eigenvalue weighted by Crippen LogP contribution is 2.03. The topological polar surface area (TPSA) is 68.0 Å². The number of hydrogen-bond donors (Lipinski definition) is 2. The molecule has 0 aliphatic carbocycles. The monoisotopic (exact) mass is 221 g/mol. The minimum atomic E-state index is -0.0971. The lowest BCUT2D eigenvalue weighted by Crippen LogP contribution is -2.40. The van der Waals surface area contributed by atoms with Gasteiger partial charge in [-0.1, -0.05) is 13.3 Å². The highest BCUT2D eigenvalue weighted by atomic mass is 16.1. The molecule has 1 unspecified atom stereocenters. The predicted molar refractivity (Wildman–Crippen MR) is 64.2 cm³/mol. The molecule has 1 heterocycles. The van der Waals surface area contributed by atoms with Gasteiger partial charge in [-0.2, -0.15) is 0 Å². The van der Waals surface area contributed by atoms with Crippen LogP contribution in [-0.4, -0.2) is 23.5 Å². The summed E-state index contributed by atoms with van der Waals surface area (Å²) in [4.78, 5) is 15.8. The van der Waals surface area contributed by atoms with E-state index in [0.29, 0.717) is 12.1 Å². The normalized spacial score (nSPS) is 12.2. The second kappa shape index (κ2) is 6.23. The molecule has 1 amide bonds. The van der Waals surface area contributed by atoms with Crippen LogP contribution < -0.4 is 11.1 Å². The van der Waals surface area contributed by atoms with Crippen molar-refractivity contribution in [3.8, 4) is 0 Å². The summed E-state index contributed by atoms with van der Waals surface area (Å²) in [6.45, 7) is 4.46. The van der Waals surface area contributed by atoms with Crippen LogP contribution in [0.5, 0.6) is 0 Å². The van der Waals surface area contributed by atoms with Gasteiger partial charge in [-0.3, -0.25) is 9.78 Å². The van der Waals surface area contributed by atoms with Gasteiger partial charge < -0.3 is 11.1 Å². The fourth-order valence-corrected chi connectivity index (χ4v) is 1.55. The molecule has 1 aromatic rings. The number of pyridine rings is 1. The van der Waals surface area contributed by atoms with Crippen LogP contribution in [0.25, 0.3) is 0 Å². The van der Waals surface area contributed by atoms with Crippen molar-refractivity contribution < 1.29 is 4.79 Å². The van der Waals surface area contributed by atoms with E-state index in [9.17, 15) is 4.79 Å². The maximum Gasteiger partial charge on any atom is 0.253 e. The molecular formula is C12H19N3O. The fraction of sp³-hybridized carbons (Fsp3) is 0.500. The lowest BCUT2D eigenvalue weighted by Gasteiger charge is -2.15. The summed E-state index contributed by atoms with van der Waals surface area (Å²) in [6, 6.07) is 1.88. The smallest absolute Gasteiger partial charge is 0.253 e. The molecule has 0 saturated carbocycles. The van der Waals surface area contributed by atoms with E-state index in [1.54, 1.807) is 12.4 Å².